The average molecular weight is 621 g/mol. The van der Waals surface area contributed by atoms with E-state index in [0.717, 1.165) is 28.1 Å². The molecule has 0 fully saturated rings. The van der Waals surface area contributed by atoms with Gasteiger partial charge in [0.15, 0.2) is 0 Å². The number of nitrogens with one attached hydrogen (secondary N) is 1. The summed E-state index contributed by atoms with van der Waals surface area (Å²) < 4.78 is 27.2. The van der Waals surface area contributed by atoms with Gasteiger partial charge in [-0.1, -0.05) is 73.1 Å². The van der Waals surface area contributed by atoms with E-state index in [1.807, 2.05) is 43.3 Å². The largest absolute Gasteiger partial charge is 0.354 e. The Bertz CT molecular complexity index is 1350. The molecule has 0 aliphatic heterocycles. The number of halogens is 2. The van der Waals surface area contributed by atoms with Crippen molar-refractivity contribution >= 4 is 55.1 Å². The maximum Gasteiger partial charge on any atom is 0.244 e. The number of hydrogen-bond acceptors (Lipinski definition) is 4. The lowest BCUT2D eigenvalue weighted by Crippen LogP contribution is -2.53. The van der Waals surface area contributed by atoms with E-state index < -0.39 is 28.5 Å². The third kappa shape index (κ3) is 8.31. The van der Waals surface area contributed by atoms with Crippen molar-refractivity contribution in [1.29, 1.82) is 0 Å². The van der Waals surface area contributed by atoms with E-state index in [2.05, 4.69) is 21.2 Å². The maximum absolute atomic E-state index is 14.0. The Balaban J connectivity index is 2.05. The van der Waals surface area contributed by atoms with Crippen molar-refractivity contribution in [2.75, 3.05) is 23.7 Å². The number of anilines is 1. The quantitative estimate of drug-likeness (QED) is 0.308. The van der Waals surface area contributed by atoms with Crippen LogP contribution in [0.15, 0.2) is 83.3 Å². The molecule has 2 amide bonds. The molecule has 0 heterocycles. The zero-order chi connectivity index (χ0) is 27.7. The summed E-state index contributed by atoms with van der Waals surface area (Å²) in [6.07, 6.45) is 2.04. The molecule has 3 aromatic rings. The fourth-order valence-electron chi connectivity index (χ4n) is 4.00. The van der Waals surface area contributed by atoms with Crippen LogP contribution in [-0.2, 0) is 32.6 Å². The van der Waals surface area contributed by atoms with Crippen molar-refractivity contribution in [2.24, 2.45) is 0 Å². The predicted molar refractivity (Wildman–Crippen MR) is 156 cm³/mol. The van der Waals surface area contributed by atoms with Gasteiger partial charge in [-0.3, -0.25) is 13.9 Å². The van der Waals surface area contributed by atoms with Gasteiger partial charge >= 0.3 is 0 Å². The third-order valence-corrected chi connectivity index (χ3v) is 7.89. The first-order valence-electron chi connectivity index (χ1n) is 12.2. The predicted octanol–water partition coefficient (Wildman–Crippen LogP) is 5.03. The molecule has 3 aromatic carbocycles. The second kappa shape index (κ2) is 13.8. The molecule has 3 rings (SSSR count). The Hall–Kier alpha value is -2.88. The zero-order valence-electron chi connectivity index (χ0n) is 21.3. The number of nitrogens with zero attached hydrogens (tertiary/aromatic N) is 2. The average Bonchev–Trinajstić information content (AvgIpc) is 2.88. The van der Waals surface area contributed by atoms with Gasteiger partial charge in [0.25, 0.3) is 0 Å². The standard InChI is InChI=1S/C28H31BrClN3O4S/c1-3-16-31-28(35)26(18-21-10-5-4-6-11-21)32(19-22-12-9-13-23(30)17-22)27(34)20-33(38(2,36)37)25-15-8-7-14-24(25)29/h4-15,17,26H,3,16,18-20H2,1-2H3,(H,31,35)/t26-/m1/s1. The molecule has 1 atom stereocenters. The molecule has 0 saturated heterocycles. The molecular formula is C28H31BrClN3O4S. The van der Waals surface area contributed by atoms with Crippen LogP contribution in [0.3, 0.4) is 0 Å². The second-order valence-electron chi connectivity index (χ2n) is 8.87. The second-order valence-corrected chi connectivity index (χ2v) is 12.1. The molecule has 0 aromatic heterocycles. The highest BCUT2D eigenvalue weighted by Crippen LogP contribution is 2.28. The van der Waals surface area contributed by atoms with E-state index >= 15 is 0 Å². The molecule has 1 N–H and O–H groups in total. The first-order chi connectivity index (χ1) is 18.1. The van der Waals surface area contributed by atoms with Crippen molar-refractivity contribution in [3.8, 4) is 0 Å². The zero-order valence-corrected chi connectivity index (χ0v) is 24.5. The lowest BCUT2D eigenvalue weighted by atomic mass is 10.0. The third-order valence-electron chi connectivity index (χ3n) is 5.86. The number of sulfonamides is 1. The summed E-state index contributed by atoms with van der Waals surface area (Å²) in [7, 11) is -3.83. The van der Waals surface area contributed by atoms with Crippen LogP contribution in [0.2, 0.25) is 5.02 Å². The van der Waals surface area contributed by atoms with Gasteiger partial charge in [0.05, 0.1) is 11.9 Å². The summed E-state index contributed by atoms with van der Waals surface area (Å²) in [4.78, 5) is 28.9. The fraction of sp³-hybridized carbons (Fsp3) is 0.286. The monoisotopic (exact) mass is 619 g/mol. The lowest BCUT2D eigenvalue weighted by Gasteiger charge is -2.33. The summed E-state index contributed by atoms with van der Waals surface area (Å²) in [5.41, 5.74) is 1.93. The number of benzene rings is 3. The number of para-hydroxylation sites is 1. The lowest BCUT2D eigenvalue weighted by molar-refractivity contribution is -0.140. The minimum Gasteiger partial charge on any atom is -0.354 e. The van der Waals surface area contributed by atoms with E-state index in [0.29, 0.717) is 21.7 Å². The highest BCUT2D eigenvalue weighted by molar-refractivity contribution is 9.10. The smallest absolute Gasteiger partial charge is 0.244 e. The molecule has 0 saturated carbocycles. The number of carbonyl (C=O) groups excluding carboxylic acids is 2. The van der Waals surface area contributed by atoms with Gasteiger partial charge in [0.1, 0.15) is 12.6 Å². The van der Waals surface area contributed by atoms with Crippen LogP contribution in [0.25, 0.3) is 0 Å². The van der Waals surface area contributed by atoms with Gasteiger partial charge in [-0.2, -0.15) is 0 Å². The number of amides is 2. The normalized spacial score (nSPS) is 12.0. The van der Waals surface area contributed by atoms with Crippen LogP contribution >= 0.6 is 27.5 Å². The summed E-state index contributed by atoms with van der Waals surface area (Å²) in [5.74, 6) is -0.823. The minimum atomic E-state index is -3.83. The molecule has 10 heteroatoms. The van der Waals surface area contributed by atoms with Crippen molar-refractivity contribution < 1.29 is 18.0 Å². The Morgan fingerprint density at radius 2 is 1.63 bits per heavy atom. The molecule has 0 unspecified atom stereocenters. The van der Waals surface area contributed by atoms with E-state index in [4.69, 9.17) is 11.6 Å². The highest BCUT2D eigenvalue weighted by Gasteiger charge is 2.33. The molecule has 0 spiro atoms. The molecule has 0 aliphatic carbocycles. The van der Waals surface area contributed by atoms with E-state index in [1.165, 1.54) is 4.90 Å². The SMILES string of the molecule is CCCNC(=O)[C@@H](Cc1ccccc1)N(Cc1cccc(Cl)c1)C(=O)CN(c1ccccc1Br)S(C)(=O)=O. The van der Waals surface area contributed by atoms with Crippen LogP contribution in [0.5, 0.6) is 0 Å². The number of rotatable bonds is 12. The van der Waals surface area contributed by atoms with Crippen LogP contribution in [0.1, 0.15) is 24.5 Å². The fourth-order valence-corrected chi connectivity index (χ4v) is 5.69. The summed E-state index contributed by atoms with van der Waals surface area (Å²) >= 11 is 9.61. The number of carbonyl (C=O) groups is 2. The molecule has 202 valence electrons. The first-order valence-corrected chi connectivity index (χ1v) is 15.2. The van der Waals surface area contributed by atoms with E-state index in [-0.39, 0.29) is 18.9 Å². The number of hydrogen-bond donors (Lipinski definition) is 1. The van der Waals surface area contributed by atoms with Crippen LogP contribution in [0.4, 0.5) is 5.69 Å². The van der Waals surface area contributed by atoms with E-state index in [1.54, 1.807) is 42.5 Å². The highest BCUT2D eigenvalue weighted by atomic mass is 79.9. The van der Waals surface area contributed by atoms with Crippen molar-refractivity contribution in [3.63, 3.8) is 0 Å². The van der Waals surface area contributed by atoms with Crippen LogP contribution in [0, 0.1) is 0 Å². The summed E-state index contributed by atoms with van der Waals surface area (Å²) in [6.45, 7) is 2.00. The van der Waals surface area contributed by atoms with Crippen molar-refractivity contribution in [2.45, 2.75) is 32.4 Å². The molecule has 0 aliphatic rings. The Labute approximate surface area is 238 Å². The topological polar surface area (TPSA) is 86.8 Å². The van der Waals surface area contributed by atoms with Gasteiger partial charge in [0.2, 0.25) is 21.8 Å². The molecule has 0 bridgehead atoms. The van der Waals surface area contributed by atoms with Crippen LogP contribution < -0.4 is 9.62 Å². The molecule has 38 heavy (non-hydrogen) atoms. The Morgan fingerprint density at radius 3 is 2.26 bits per heavy atom. The van der Waals surface area contributed by atoms with Crippen molar-refractivity contribution in [3.05, 3.63) is 99.5 Å². The van der Waals surface area contributed by atoms with Gasteiger partial charge in [-0.15, -0.1) is 0 Å². The minimum absolute atomic E-state index is 0.0734. The van der Waals surface area contributed by atoms with E-state index in [9.17, 15) is 18.0 Å². The van der Waals surface area contributed by atoms with Gasteiger partial charge in [0, 0.05) is 29.0 Å². The van der Waals surface area contributed by atoms with Gasteiger partial charge in [-0.25, -0.2) is 8.42 Å². The Kier molecular flexibility index (Phi) is 10.8. The van der Waals surface area contributed by atoms with Gasteiger partial charge in [-0.05, 0) is 57.7 Å². The molecular weight excluding hydrogens is 590 g/mol. The summed E-state index contributed by atoms with van der Waals surface area (Å²) in [5, 5.41) is 3.41. The maximum atomic E-state index is 14.0. The Morgan fingerprint density at radius 1 is 0.974 bits per heavy atom. The van der Waals surface area contributed by atoms with Crippen LogP contribution in [-0.4, -0.2) is 50.5 Å². The summed E-state index contributed by atoms with van der Waals surface area (Å²) in [6, 6.07) is 22.4. The first kappa shape index (κ1) is 29.7. The van der Waals surface area contributed by atoms with Gasteiger partial charge < -0.3 is 10.2 Å². The molecule has 7 nitrogen and oxygen atoms in total. The van der Waals surface area contributed by atoms with Crippen molar-refractivity contribution in [1.82, 2.24) is 10.2 Å². The molecule has 0 radical (unpaired) electrons.